The first-order valence-corrected chi connectivity index (χ1v) is 14.7. The molecule has 0 spiro atoms. The van der Waals surface area contributed by atoms with E-state index in [-0.39, 0.29) is 11.8 Å². The van der Waals surface area contributed by atoms with E-state index >= 15 is 0 Å². The molecule has 0 aromatic heterocycles. The van der Waals surface area contributed by atoms with Gasteiger partial charge in [-0.2, -0.15) is 0 Å². The fourth-order valence-electron chi connectivity index (χ4n) is 8.34. The van der Waals surface area contributed by atoms with Gasteiger partial charge in [0.25, 0.3) is 0 Å². The number of hydrogen-bond acceptors (Lipinski definition) is 0. The maximum absolute atomic E-state index is 2.59. The smallest absolute Gasteiger partial charge is 0.0144 e. The van der Waals surface area contributed by atoms with Crippen molar-refractivity contribution in [2.75, 3.05) is 0 Å². The summed E-state index contributed by atoms with van der Waals surface area (Å²) in [4.78, 5) is 0. The second-order valence-electron chi connectivity index (χ2n) is 12.1. The number of benzene rings is 6. The van der Waals surface area contributed by atoms with Crippen molar-refractivity contribution in [2.45, 2.75) is 12.8 Å². The van der Waals surface area contributed by atoms with Crippen LogP contribution in [0.15, 0.2) is 121 Å². The molecule has 0 fully saturated rings. The zero-order valence-electron chi connectivity index (χ0n) is 22.8. The molecule has 0 saturated carbocycles. The summed E-state index contributed by atoms with van der Waals surface area (Å²) in [5.74, 6) is 0.575. The third-order valence-corrected chi connectivity index (χ3v) is 9.92. The van der Waals surface area contributed by atoms with Crippen LogP contribution < -0.4 is 10.4 Å². The Labute approximate surface area is 239 Å². The van der Waals surface area contributed by atoms with Gasteiger partial charge in [0.2, 0.25) is 0 Å². The summed E-state index contributed by atoms with van der Waals surface area (Å²) in [7, 11) is 0. The van der Waals surface area contributed by atoms with Gasteiger partial charge in [-0.1, -0.05) is 115 Å². The van der Waals surface area contributed by atoms with E-state index in [1.165, 1.54) is 93.6 Å². The van der Waals surface area contributed by atoms with Gasteiger partial charge < -0.3 is 0 Å². The number of rotatable bonds is 1. The van der Waals surface area contributed by atoms with E-state index in [0.29, 0.717) is 0 Å². The SMILES string of the molecule is Cc1cc2c3c(cccc3c1)-c1cc3c(cc1-2)C(c1ccccc1)=CC1C2=c4c(cccc4=CC31)-c1ccccc12. The minimum atomic E-state index is 0.287. The maximum Gasteiger partial charge on any atom is 0.0144 e. The minimum absolute atomic E-state index is 0.287. The van der Waals surface area contributed by atoms with Crippen molar-refractivity contribution in [3.8, 4) is 33.4 Å². The molecule has 10 rings (SSSR count). The van der Waals surface area contributed by atoms with Gasteiger partial charge in [0.15, 0.2) is 0 Å². The van der Waals surface area contributed by atoms with Crippen molar-refractivity contribution >= 4 is 28.0 Å². The van der Waals surface area contributed by atoms with E-state index in [2.05, 4.69) is 134 Å². The van der Waals surface area contributed by atoms with Crippen molar-refractivity contribution in [1.29, 1.82) is 0 Å². The summed E-state index contributed by atoms with van der Waals surface area (Å²) in [5, 5.41) is 5.56. The molecule has 2 atom stereocenters. The van der Waals surface area contributed by atoms with Crippen molar-refractivity contribution in [2.24, 2.45) is 5.92 Å². The first kappa shape index (κ1) is 21.8. The van der Waals surface area contributed by atoms with Crippen LogP contribution in [0.1, 0.15) is 33.7 Å². The van der Waals surface area contributed by atoms with E-state index in [1.807, 2.05) is 0 Å². The molecule has 0 amide bonds. The number of aryl methyl sites for hydroxylation is 1. The first-order chi connectivity index (χ1) is 20.2. The predicted molar refractivity (Wildman–Crippen MR) is 171 cm³/mol. The predicted octanol–water partition coefficient (Wildman–Crippen LogP) is 8.61. The summed E-state index contributed by atoms with van der Waals surface area (Å²) in [6.07, 6.45) is 5.16. The lowest BCUT2D eigenvalue weighted by atomic mass is 9.68. The van der Waals surface area contributed by atoms with E-state index in [1.54, 1.807) is 0 Å². The summed E-state index contributed by atoms with van der Waals surface area (Å²) < 4.78 is 0. The fraction of sp³-hybridized carbons (Fsp3) is 0.0732. The van der Waals surface area contributed by atoms with E-state index < -0.39 is 0 Å². The third kappa shape index (κ3) is 2.75. The van der Waals surface area contributed by atoms with Gasteiger partial charge >= 0.3 is 0 Å². The molecule has 4 aliphatic rings. The molecule has 0 heteroatoms. The maximum atomic E-state index is 2.59. The van der Waals surface area contributed by atoms with Crippen LogP contribution >= 0.6 is 0 Å². The van der Waals surface area contributed by atoms with Gasteiger partial charge in [0, 0.05) is 11.8 Å². The van der Waals surface area contributed by atoms with E-state index in [0.717, 1.165) is 0 Å². The highest BCUT2D eigenvalue weighted by atomic mass is 14.4. The number of hydrogen-bond donors (Lipinski definition) is 0. The molecule has 0 heterocycles. The Kier molecular flexibility index (Phi) is 4.06. The average Bonchev–Trinajstić information content (AvgIpc) is 3.51. The lowest BCUT2D eigenvalue weighted by molar-refractivity contribution is 0.733. The molecular formula is C41H26. The highest BCUT2D eigenvalue weighted by Gasteiger charge is 2.38. The Balaban J connectivity index is 1.31. The van der Waals surface area contributed by atoms with Crippen LogP contribution in [0.5, 0.6) is 0 Å². The lowest BCUT2D eigenvalue weighted by Gasteiger charge is -2.35. The van der Waals surface area contributed by atoms with Gasteiger partial charge in [-0.3, -0.25) is 0 Å². The van der Waals surface area contributed by atoms with Gasteiger partial charge in [0.05, 0.1) is 0 Å². The second-order valence-corrected chi connectivity index (χ2v) is 12.1. The molecule has 4 aliphatic carbocycles. The Hall–Kier alpha value is -4.94. The molecule has 2 unspecified atom stereocenters. The zero-order chi connectivity index (χ0) is 26.8. The monoisotopic (exact) mass is 518 g/mol. The third-order valence-electron chi connectivity index (χ3n) is 9.92. The fourth-order valence-corrected chi connectivity index (χ4v) is 8.34. The molecule has 190 valence electrons. The molecule has 0 nitrogen and oxygen atoms in total. The Morgan fingerprint density at radius 1 is 0.488 bits per heavy atom. The standard InChI is InChI=1S/C41H26/c1-23-17-25-11-7-16-30-33-21-35-32-19-26-12-8-15-28-27-13-5-6-14-29(27)41(40(26)28)38(32)20-31(24-9-3-2-4-10-24)34(35)22-36(33)37(18-23)39(25)30/h2-22,32,38H,1H3. The van der Waals surface area contributed by atoms with E-state index in [4.69, 9.17) is 0 Å². The highest BCUT2D eigenvalue weighted by molar-refractivity contribution is 6.16. The quantitative estimate of drug-likeness (QED) is 0.204. The molecule has 41 heavy (non-hydrogen) atoms. The Bertz CT molecular complexity index is 2310. The van der Waals surface area contributed by atoms with Gasteiger partial charge in [-0.05, 0) is 113 Å². The van der Waals surface area contributed by atoms with E-state index in [9.17, 15) is 0 Å². The van der Waals surface area contributed by atoms with Gasteiger partial charge in [-0.25, -0.2) is 0 Å². The zero-order valence-corrected chi connectivity index (χ0v) is 22.8. The van der Waals surface area contributed by atoms with Crippen LogP contribution in [0.4, 0.5) is 0 Å². The molecular weight excluding hydrogens is 492 g/mol. The van der Waals surface area contributed by atoms with Crippen molar-refractivity contribution in [3.05, 3.63) is 160 Å². The van der Waals surface area contributed by atoms with Crippen molar-refractivity contribution < 1.29 is 0 Å². The number of fused-ring (bicyclic) bond motifs is 10. The summed E-state index contributed by atoms with van der Waals surface area (Å²) in [6.45, 7) is 2.22. The lowest BCUT2D eigenvalue weighted by Crippen LogP contribution is -2.36. The molecule has 0 aliphatic heterocycles. The van der Waals surface area contributed by atoms with Gasteiger partial charge in [-0.15, -0.1) is 0 Å². The largest absolute Gasteiger partial charge is 0.0681 e. The molecule has 0 saturated heterocycles. The Morgan fingerprint density at radius 2 is 1.24 bits per heavy atom. The molecule has 0 bridgehead atoms. The topological polar surface area (TPSA) is 0 Å². The number of allylic oxidation sites excluding steroid dienone is 1. The van der Waals surface area contributed by atoms with Crippen molar-refractivity contribution in [1.82, 2.24) is 0 Å². The van der Waals surface area contributed by atoms with Crippen LogP contribution in [-0.2, 0) is 0 Å². The van der Waals surface area contributed by atoms with Crippen LogP contribution in [0.3, 0.4) is 0 Å². The highest BCUT2D eigenvalue weighted by Crippen LogP contribution is 2.54. The molecule has 0 N–H and O–H groups in total. The minimum Gasteiger partial charge on any atom is -0.0681 e. The second kappa shape index (κ2) is 7.62. The normalized spacial score (nSPS) is 18.2. The van der Waals surface area contributed by atoms with Crippen LogP contribution in [-0.4, -0.2) is 0 Å². The molecule has 0 radical (unpaired) electrons. The summed E-state index contributed by atoms with van der Waals surface area (Å²) >= 11 is 0. The molecule has 6 aromatic carbocycles. The first-order valence-electron chi connectivity index (χ1n) is 14.7. The van der Waals surface area contributed by atoms with Gasteiger partial charge in [0.1, 0.15) is 0 Å². The molecule has 6 aromatic rings. The Morgan fingerprint density at radius 3 is 2.15 bits per heavy atom. The average molecular weight is 519 g/mol. The van der Waals surface area contributed by atoms with Crippen molar-refractivity contribution in [3.63, 3.8) is 0 Å². The van der Waals surface area contributed by atoms with Crippen LogP contribution in [0.2, 0.25) is 0 Å². The summed E-state index contributed by atoms with van der Waals surface area (Å²) in [5.41, 5.74) is 18.0. The van der Waals surface area contributed by atoms with Crippen LogP contribution in [0, 0.1) is 12.8 Å². The van der Waals surface area contributed by atoms with Crippen LogP contribution in [0.25, 0.3) is 61.4 Å². The summed E-state index contributed by atoms with van der Waals surface area (Å²) in [6, 6.07) is 43.5.